The van der Waals surface area contributed by atoms with Crippen LogP contribution in [0.1, 0.15) is 30.1 Å². The zero-order chi connectivity index (χ0) is 13.7. The summed E-state index contributed by atoms with van der Waals surface area (Å²) in [4.78, 5) is 29.5. The minimum Gasteiger partial charge on any atom is -0.375 e. The van der Waals surface area contributed by atoms with Gasteiger partial charge in [-0.2, -0.15) is 0 Å². The highest BCUT2D eigenvalue weighted by molar-refractivity contribution is 5.97. The van der Waals surface area contributed by atoms with E-state index < -0.39 is 0 Å². The Hall–Kier alpha value is -1.75. The van der Waals surface area contributed by atoms with Crippen molar-refractivity contribution in [3.63, 3.8) is 0 Å². The van der Waals surface area contributed by atoms with E-state index in [1.807, 2.05) is 6.92 Å². The van der Waals surface area contributed by atoms with Gasteiger partial charge < -0.3 is 9.64 Å². The van der Waals surface area contributed by atoms with E-state index in [-0.39, 0.29) is 30.6 Å². The van der Waals surface area contributed by atoms with Gasteiger partial charge in [-0.05, 0) is 19.1 Å². The van der Waals surface area contributed by atoms with Crippen LogP contribution in [0.3, 0.4) is 0 Å². The summed E-state index contributed by atoms with van der Waals surface area (Å²) in [5.74, 6) is -0.0184. The van der Waals surface area contributed by atoms with Crippen molar-refractivity contribution in [3.05, 3.63) is 30.1 Å². The molecule has 0 bridgehead atoms. The lowest BCUT2D eigenvalue weighted by Gasteiger charge is -2.31. The van der Waals surface area contributed by atoms with Crippen molar-refractivity contribution < 1.29 is 14.3 Å². The monoisotopic (exact) mass is 262 g/mol. The predicted octanol–water partition coefficient (Wildman–Crippen LogP) is 1.29. The number of carbonyl (C=O) groups is 2. The Morgan fingerprint density at radius 2 is 2.32 bits per heavy atom. The molecular weight excluding hydrogens is 244 g/mol. The first-order valence-electron chi connectivity index (χ1n) is 6.49. The first kappa shape index (κ1) is 13.7. The third-order valence-corrected chi connectivity index (χ3v) is 3.14. The number of ether oxygens (including phenoxy) is 1. The lowest BCUT2D eigenvalue weighted by Crippen LogP contribution is -2.44. The molecule has 2 rings (SSSR count). The molecule has 0 saturated carbocycles. The molecule has 1 aromatic rings. The van der Waals surface area contributed by atoms with Crippen LogP contribution in [0, 0.1) is 0 Å². The molecule has 1 aromatic heterocycles. The summed E-state index contributed by atoms with van der Waals surface area (Å²) in [7, 11) is 0. The number of amides is 1. The second-order valence-corrected chi connectivity index (χ2v) is 4.69. The Labute approximate surface area is 112 Å². The minimum absolute atomic E-state index is 0.0207. The SMILES string of the molecule is CC1CN(C(=O)CCC(=O)c2cccnc2)CCO1. The molecule has 102 valence electrons. The first-order valence-corrected chi connectivity index (χ1v) is 6.49. The number of carbonyl (C=O) groups excluding carboxylic acids is 2. The molecule has 0 aliphatic carbocycles. The summed E-state index contributed by atoms with van der Waals surface area (Å²) < 4.78 is 5.38. The Kier molecular flexibility index (Phi) is 4.63. The number of Topliss-reactive ketones (excluding diaryl/α,β-unsaturated/α-hetero) is 1. The molecule has 1 unspecified atom stereocenters. The molecule has 19 heavy (non-hydrogen) atoms. The first-order chi connectivity index (χ1) is 9.16. The highest BCUT2D eigenvalue weighted by Gasteiger charge is 2.21. The Morgan fingerprint density at radius 1 is 1.47 bits per heavy atom. The zero-order valence-electron chi connectivity index (χ0n) is 11.0. The molecule has 0 spiro atoms. The molecule has 1 aliphatic heterocycles. The maximum absolute atomic E-state index is 12.0. The molecule has 5 nitrogen and oxygen atoms in total. The van der Waals surface area contributed by atoms with Crippen molar-refractivity contribution in [1.29, 1.82) is 0 Å². The smallest absolute Gasteiger partial charge is 0.223 e. The van der Waals surface area contributed by atoms with Crippen LogP contribution < -0.4 is 0 Å². The van der Waals surface area contributed by atoms with Crippen molar-refractivity contribution >= 4 is 11.7 Å². The van der Waals surface area contributed by atoms with Crippen LogP contribution in [0.5, 0.6) is 0 Å². The highest BCUT2D eigenvalue weighted by Crippen LogP contribution is 2.09. The normalized spacial score (nSPS) is 19.2. The Morgan fingerprint density at radius 3 is 3.00 bits per heavy atom. The van der Waals surface area contributed by atoms with Gasteiger partial charge in [0.1, 0.15) is 0 Å². The molecule has 1 amide bonds. The molecule has 2 heterocycles. The van der Waals surface area contributed by atoms with E-state index in [1.54, 1.807) is 23.2 Å². The van der Waals surface area contributed by atoms with E-state index in [4.69, 9.17) is 4.74 Å². The van der Waals surface area contributed by atoms with Gasteiger partial charge in [-0.1, -0.05) is 0 Å². The van der Waals surface area contributed by atoms with Gasteiger partial charge in [0, 0.05) is 43.9 Å². The van der Waals surface area contributed by atoms with Crippen LogP contribution >= 0.6 is 0 Å². The van der Waals surface area contributed by atoms with Crippen LogP contribution in [0.4, 0.5) is 0 Å². The largest absolute Gasteiger partial charge is 0.375 e. The molecule has 1 fully saturated rings. The van der Waals surface area contributed by atoms with Crippen LogP contribution in [0.25, 0.3) is 0 Å². The molecule has 1 aliphatic rings. The van der Waals surface area contributed by atoms with Crippen molar-refractivity contribution in [2.24, 2.45) is 0 Å². The summed E-state index contributed by atoms with van der Waals surface area (Å²) >= 11 is 0. The van der Waals surface area contributed by atoms with Crippen LogP contribution in [0.2, 0.25) is 0 Å². The number of pyridine rings is 1. The average molecular weight is 262 g/mol. The van der Waals surface area contributed by atoms with Gasteiger partial charge in [-0.25, -0.2) is 0 Å². The Bertz CT molecular complexity index is 447. The van der Waals surface area contributed by atoms with E-state index in [1.165, 1.54) is 6.20 Å². The van der Waals surface area contributed by atoms with Gasteiger partial charge in [0.05, 0.1) is 12.7 Å². The minimum atomic E-state index is -0.0391. The van der Waals surface area contributed by atoms with Crippen molar-refractivity contribution in [1.82, 2.24) is 9.88 Å². The fourth-order valence-corrected chi connectivity index (χ4v) is 2.10. The topological polar surface area (TPSA) is 59.5 Å². The predicted molar refractivity (Wildman–Crippen MR) is 69.8 cm³/mol. The Balaban J connectivity index is 1.82. The van der Waals surface area contributed by atoms with Crippen molar-refractivity contribution in [2.45, 2.75) is 25.9 Å². The number of nitrogens with zero attached hydrogens (tertiary/aromatic N) is 2. The van der Waals surface area contributed by atoms with Gasteiger partial charge in [-0.15, -0.1) is 0 Å². The molecule has 0 N–H and O–H groups in total. The van der Waals surface area contributed by atoms with Gasteiger partial charge in [-0.3, -0.25) is 14.6 Å². The summed E-state index contributed by atoms with van der Waals surface area (Å²) in [6, 6.07) is 3.44. The maximum atomic E-state index is 12.0. The van der Waals surface area contributed by atoms with E-state index in [0.29, 0.717) is 25.3 Å². The number of rotatable bonds is 4. The van der Waals surface area contributed by atoms with E-state index >= 15 is 0 Å². The third kappa shape index (κ3) is 3.86. The van der Waals surface area contributed by atoms with E-state index in [0.717, 1.165) is 0 Å². The third-order valence-electron chi connectivity index (χ3n) is 3.14. The van der Waals surface area contributed by atoms with Gasteiger partial charge in [0.2, 0.25) is 5.91 Å². The number of hydrogen-bond acceptors (Lipinski definition) is 4. The molecule has 5 heteroatoms. The van der Waals surface area contributed by atoms with E-state index in [2.05, 4.69) is 4.98 Å². The molecule has 0 aromatic carbocycles. The van der Waals surface area contributed by atoms with Gasteiger partial charge in [0.25, 0.3) is 0 Å². The summed E-state index contributed by atoms with van der Waals surface area (Å²) in [6.07, 6.45) is 3.71. The zero-order valence-corrected chi connectivity index (χ0v) is 11.0. The summed E-state index contributed by atoms with van der Waals surface area (Å²) in [5, 5.41) is 0. The average Bonchev–Trinajstić information content (AvgIpc) is 2.45. The molecular formula is C14H18N2O3. The van der Waals surface area contributed by atoms with Gasteiger partial charge in [0.15, 0.2) is 5.78 Å². The van der Waals surface area contributed by atoms with Crippen LogP contribution in [-0.2, 0) is 9.53 Å². The van der Waals surface area contributed by atoms with Gasteiger partial charge >= 0.3 is 0 Å². The maximum Gasteiger partial charge on any atom is 0.223 e. The number of aromatic nitrogens is 1. The standard InChI is InChI=1S/C14H18N2O3/c1-11-10-16(7-8-19-11)14(18)5-4-13(17)12-3-2-6-15-9-12/h2-3,6,9,11H,4-5,7-8,10H2,1H3. The fourth-order valence-electron chi connectivity index (χ4n) is 2.10. The summed E-state index contributed by atoms with van der Waals surface area (Å²) in [5.41, 5.74) is 0.561. The van der Waals surface area contributed by atoms with E-state index in [9.17, 15) is 9.59 Å². The number of ketones is 1. The van der Waals surface area contributed by atoms with Crippen molar-refractivity contribution in [2.75, 3.05) is 19.7 Å². The second-order valence-electron chi connectivity index (χ2n) is 4.69. The lowest BCUT2D eigenvalue weighted by atomic mass is 10.1. The highest BCUT2D eigenvalue weighted by atomic mass is 16.5. The van der Waals surface area contributed by atoms with Crippen molar-refractivity contribution in [3.8, 4) is 0 Å². The second kappa shape index (κ2) is 6.43. The molecule has 1 atom stereocenters. The molecule has 1 saturated heterocycles. The number of hydrogen-bond donors (Lipinski definition) is 0. The van der Waals surface area contributed by atoms with Crippen LogP contribution in [0.15, 0.2) is 24.5 Å². The van der Waals surface area contributed by atoms with Crippen LogP contribution in [-0.4, -0.2) is 47.4 Å². The molecule has 0 radical (unpaired) electrons. The summed E-state index contributed by atoms with van der Waals surface area (Å²) in [6.45, 7) is 3.74. The quantitative estimate of drug-likeness (QED) is 0.767. The lowest BCUT2D eigenvalue weighted by molar-refractivity contribution is -0.138. The fraction of sp³-hybridized carbons (Fsp3) is 0.500. The number of morpholine rings is 1.